The predicted octanol–water partition coefficient (Wildman–Crippen LogP) is 3.79. The van der Waals surface area contributed by atoms with E-state index in [-0.39, 0.29) is 11.3 Å². The molecule has 6 heteroatoms. The summed E-state index contributed by atoms with van der Waals surface area (Å²) >= 11 is 2.15. The Kier molecular flexibility index (Phi) is 6.59. The monoisotopic (exact) mass is 481 g/mol. The third-order valence-electron chi connectivity index (χ3n) is 5.14. The van der Waals surface area contributed by atoms with Crippen LogP contribution in [0.3, 0.4) is 0 Å². The molecule has 27 heavy (non-hydrogen) atoms. The third kappa shape index (κ3) is 4.38. The van der Waals surface area contributed by atoms with E-state index in [9.17, 15) is 4.79 Å². The van der Waals surface area contributed by atoms with Gasteiger partial charge in [0.1, 0.15) is 0 Å². The van der Waals surface area contributed by atoms with Gasteiger partial charge in [-0.2, -0.15) is 0 Å². The maximum absolute atomic E-state index is 12.9. The molecule has 0 unspecified atom stereocenters. The van der Waals surface area contributed by atoms with E-state index >= 15 is 0 Å². The first-order valence-electron chi connectivity index (χ1n) is 8.92. The first-order chi connectivity index (χ1) is 13.1. The van der Waals surface area contributed by atoms with Crippen molar-refractivity contribution in [2.45, 2.75) is 18.3 Å². The molecule has 1 heterocycles. The van der Waals surface area contributed by atoms with Crippen molar-refractivity contribution in [3.8, 4) is 11.5 Å². The molecule has 1 amide bonds. The number of rotatable bonds is 6. The summed E-state index contributed by atoms with van der Waals surface area (Å²) in [5.41, 5.74) is 1.73. The molecule has 0 saturated carbocycles. The highest BCUT2D eigenvalue weighted by Crippen LogP contribution is 2.35. The molecule has 1 N–H and O–H groups in total. The Hall–Kier alpha value is -1.80. The number of hydrogen-bond acceptors (Lipinski definition) is 4. The molecule has 2 aromatic rings. The Bertz CT molecular complexity index is 788. The summed E-state index contributed by atoms with van der Waals surface area (Å²) in [6.07, 6.45) is 1.78. The number of carbonyl (C=O) groups excluding carboxylic acids is 1. The molecule has 0 atom stereocenters. The minimum atomic E-state index is -0.109. The number of amides is 1. The van der Waals surface area contributed by atoms with Crippen molar-refractivity contribution in [3.05, 3.63) is 57.2 Å². The van der Waals surface area contributed by atoms with Gasteiger partial charge in [-0.15, -0.1) is 0 Å². The van der Waals surface area contributed by atoms with Crippen molar-refractivity contribution < 1.29 is 19.0 Å². The molecule has 0 aliphatic carbocycles. The molecule has 1 aliphatic heterocycles. The predicted molar refractivity (Wildman–Crippen MR) is 113 cm³/mol. The highest BCUT2D eigenvalue weighted by atomic mass is 127. The van der Waals surface area contributed by atoms with Crippen LogP contribution in [0.25, 0.3) is 0 Å². The Morgan fingerprint density at radius 2 is 1.74 bits per heavy atom. The van der Waals surface area contributed by atoms with Gasteiger partial charge in [-0.05, 0) is 53.1 Å². The van der Waals surface area contributed by atoms with Crippen LogP contribution in [0.15, 0.2) is 42.5 Å². The smallest absolute Gasteiger partial charge is 0.252 e. The molecule has 0 aromatic heterocycles. The second-order valence-corrected chi connectivity index (χ2v) is 7.79. The molecule has 1 fully saturated rings. The molecular formula is C21H24INO4. The summed E-state index contributed by atoms with van der Waals surface area (Å²) in [4.78, 5) is 12.9. The van der Waals surface area contributed by atoms with Gasteiger partial charge in [-0.1, -0.05) is 30.3 Å². The van der Waals surface area contributed by atoms with E-state index < -0.39 is 0 Å². The van der Waals surface area contributed by atoms with Crippen LogP contribution in [0.4, 0.5) is 0 Å². The Labute approximate surface area is 173 Å². The maximum Gasteiger partial charge on any atom is 0.252 e. The van der Waals surface area contributed by atoms with Gasteiger partial charge in [-0.25, -0.2) is 0 Å². The summed E-state index contributed by atoms with van der Waals surface area (Å²) in [6, 6.07) is 13.9. The van der Waals surface area contributed by atoms with E-state index in [2.05, 4.69) is 40.0 Å². The molecule has 1 saturated heterocycles. The standard InChI is InChI=1S/C21H24INO4/c1-25-18-12-16(17(22)13-19(18)26-2)20(24)23-14-21(8-10-27-11-9-21)15-6-4-3-5-7-15/h3-7,12-13H,8-11,14H2,1-2H3,(H,23,24). The zero-order valence-electron chi connectivity index (χ0n) is 15.6. The summed E-state index contributed by atoms with van der Waals surface area (Å²) in [5, 5.41) is 3.14. The number of carbonyl (C=O) groups is 1. The largest absolute Gasteiger partial charge is 0.493 e. The van der Waals surface area contributed by atoms with Gasteiger partial charge < -0.3 is 19.5 Å². The van der Waals surface area contributed by atoms with Crippen LogP contribution in [0.5, 0.6) is 11.5 Å². The average molecular weight is 481 g/mol. The van der Waals surface area contributed by atoms with Crippen molar-refractivity contribution in [2.75, 3.05) is 34.0 Å². The van der Waals surface area contributed by atoms with Crippen molar-refractivity contribution in [3.63, 3.8) is 0 Å². The zero-order chi connectivity index (χ0) is 19.3. The van der Waals surface area contributed by atoms with Crippen LogP contribution in [0, 0.1) is 3.57 Å². The number of methoxy groups -OCH3 is 2. The van der Waals surface area contributed by atoms with E-state index in [0.29, 0.717) is 36.8 Å². The fraction of sp³-hybridized carbons (Fsp3) is 0.381. The van der Waals surface area contributed by atoms with E-state index in [0.717, 1.165) is 16.4 Å². The first kappa shape index (κ1) is 19.9. The minimum Gasteiger partial charge on any atom is -0.493 e. The van der Waals surface area contributed by atoms with E-state index in [1.807, 2.05) is 24.3 Å². The molecule has 0 spiro atoms. The zero-order valence-corrected chi connectivity index (χ0v) is 17.7. The van der Waals surface area contributed by atoms with Crippen LogP contribution in [-0.4, -0.2) is 39.9 Å². The topological polar surface area (TPSA) is 56.8 Å². The molecule has 1 aliphatic rings. The number of halogens is 1. The molecular weight excluding hydrogens is 457 g/mol. The second-order valence-electron chi connectivity index (χ2n) is 6.63. The lowest BCUT2D eigenvalue weighted by Gasteiger charge is -2.38. The summed E-state index contributed by atoms with van der Waals surface area (Å²) in [5.74, 6) is 1.05. The van der Waals surface area contributed by atoms with Crippen molar-refractivity contribution in [2.24, 2.45) is 0 Å². The number of ether oxygens (including phenoxy) is 3. The molecule has 0 bridgehead atoms. The summed E-state index contributed by atoms with van der Waals surface area (Å²) in [7, 11) is 3.15. The van der Waals surface area contributed by atoms with Crippen LogP contribution < -0.4 is 14.8 Å². The lowest BCUT2D eigenvalue weighted by Crippen LogP contribution is -2.44. The highest BCUT2D eigenvalue weighted by molar-refractivity contribution is 14.1. The van der Waals surface area contributed by atoms with E-state index in [4.69, 9.17) is 14.2 Å². The van der Waals surface area contributed by atoms with E-state index in [1.165, 1.54) is 5.56 Å². The van der Waals surface area contributed by atoms with Crippen LogP contribution in [-0.2, 0) is 10.2 Å². The quantitative estimate of drug-likeness (QED) is 0.639. The normalized spacial score (nSPS) is 15.8. The molecule has 5 nitrogen and oxygen atoms in total. The molecule has 2 aromatic carbocycles. The second kappa shape index (κ2) is 8.93. The van der Waals surface area contributed by atoms with Gasteiger partial charge in [0.05, 0.1) is 19.8 Å². The SMILES string of the molecule is COc1cc(I)c(C(=O)NCC2(c3ccccc3)CCOCC2)cc1OC. The lowest BCUT2D eigenvalue weighted by atomic mass is 9.74. The van der Waals surface area contributed by atoms with Crippen molar-refractivity contribution in [1.82, 2.24) is 5.32 Å². The minimum absolute atomic E-state index is 0.100. The number of hydrogen-bond donors (Lipinski definition) is 1. The fourth-order valence-electron chi connectivity index (χ4n) is 3.49. The van der Waals surface area contributed by atoms with Crippen LogP contribution in [0.2, 0.25) is 0 Å². The third-order valence-corrected chi connectivity index (χ3v) is 6.03. The summed E-state index contributed by atoms with van der Waals surface area (Å²) in [6.45, 7) is 1.99. The molecule has 144 valence electrons. The maximum atomic E-state index is 12.9. The fourth-order valence-corrected chi connectivity index (χ4v) is 4.18. The Morgan fingerprint density at radius 1 is 1.11 bits per heavy atom. The van der Waals surface area contributed by atoms with Gasteiger partial charge in [0.2, 0.25) is 0 Å². The van der Waals surface area contributed by atoms with E-state index in [1.54, 1.807) is 20.3 Å². The summed E-state index contributed by atoms with van der Waals surface area (Å²) < 4.78 is 17.0. The number of nitrogens with one attached hydrogen (secondary N) is 1. The van der Waals surface area contributed by atoms with Gasteiger partial charge in [0.25, 0.3) is 5.91 Å². The number of benzene rings is 2. The van der Waals surface area contributed by atoms with Crippen LogP contribution in [0.1, 0.15) is 28.8 Å². The Balaban J connectivity index is 1.81. The average Bonchev–Trinajstić information content (AvgIpc) is 2.73. The van der Waals surface area contributed by atoms with Crippen molar-refractivity contribution >= 4 is 28.5 Å². The van der Waals surface area contributed by atoms with Gasteiger partial charge in [0, 0.05) is 28.7 Å². The first-order valence-corrected chi connectivity index (χ1v) is 10.0. The van der Waals surface area contributed by atoms with Gasteiger partial charge in [0.15, 0.2) is 11.5 Å². The van der Waals surface area contributed by atoms with Crippen LogP contribution >= 0.6 is 22.6 Å². The van der Waals surface area contributed by atoms with Crippen molar-refractivity contribution in [1.29, 1.82) is 0 Å². The van der Waals surface area contributed by atoms with Gasteiger partial charge in [-0.3, -0.25) is 4.79 Å². The molecule has 3 rings (SSSR count). The Morgan fingerprint density at radius 3 is 2.37 bits per heavy atom. The van der Waals surface area contributed by atoms with Gasteiger partial charge >= 0.3 is 0 Å². The highest BCUT2D eigenvalue weighted by Gasteiger charge is 2.35. The lowest BCUT2D eigenvalue weighted by molar-refractivity contribution is 0.0487. The molecule has 0 radical (unpaired) electrons.